The molecule has 0 spiro atoms. The Balaban J connectivity index is 2.38. The average Bonchev–Trinajstić information content (AvgIpc) is 2.43. The zero-order valence-electron chi connectivity index (χ0n) is 7.86. The lowest BCUT2D eigenvalue weighted by Crippen LogP contribution is -2.29. The monoisotopic (exact) mass is 181 g/mol. The van der Waals surface area contributed by atoms with Gasteiger partial charge in [-0.1, -0.05) is 6.92 Å². The molecule has 2 unspecified atom stereocenters. The topological polar surface area (TPSA) is 40.5 Å². The predicted molar refractivity (Wildman–Crippen MR) is 49.8 cm³/mol. The average molecular weight is 181 g/mol. The van der Waals surface area contributed by atoms with Gasteiger partial charge in [-0.2, -0.15) is 0 Å². The van der Waals surface area contributed by atoms with Crippen LogP contribution in [0.15, 0.2) is 0 Å². The lowest BCUT2D eigenvalue weighted by atomic mass is 10.1. The number of aliphatic hydroxyl groups excluding tert-OH is 1. The van der Waals surface area contributed by atoms with Crippen LogP contribution in [0.5, 0.6) is 0 Å². The van der Waals surface area contributed by atoms with E-state index in [9.17, 15) is 9.90 Å². The first-order valence-corrected chi connectivity index (χ1v) is 4.54. The van der Waals surface area contributed by atoms with Crippen molar-refractivity contribution in [2.45, 2.75) is 25.9 Å². The largest absolute Gasteiger partial charge is 0.391 e. The number of carbonyl (C=O) groups is 1. The molecule has 0 bridgehead atoms. The first-order valence-electron chi connectivity index (χ1n) is 4.54. The van der Waals surface area contributed by atoms with Crippen LogP contribution >= 0.6 is 0 Å². The van der Waals surface area contributed by atoms with Gasteiger partial charge in [-0.05, 0) is 0 Å². The Labute approximate surface area is 78.7 Å². The fourth-order valence-electron chi connectivity index (χ4n) is 1.49. The third kappa shape index (κ3) is 2.46. The number of hydrogen-bond donors (Lipinski definition) is 1. The van der Waals surface area contributed by atoms with Gasteiger partial charge in [0.05, 0.1) is 6.10 Å². The summed E-state index contributed by atoms with van der Waals surface area (Å²) in [6, 6.07) is 0. The summed E-state index contributed by atoms with van der Waals surface area (Å²) in [5.74, 6) is 2.68. The van der Waals surface area contributed by atoms with E-state index in [4.69, 9.17) is 6.42 Å². The second-order valence-corrected chi connectivity index (χ2v) is 3.55. The molecule has 1 heterocycles. The van der Waals surface area contributed by atoms with Gasteiger partial charge in [0.25, 0.3) is 0 Å². The van der Waals surface area contributed by atoms with E-state index in [-0.39, 0.29) is 17.9 Å². The fourth-order valence-corrected chi connectivity index (χ4v) is 1.49. The van der Waals surface area contributed by atoms with E-state index in [0.29, 0.717) is 25.9 Å². The third-order valence-corrected chi connectivity index (χ3v) is 2.41. The summed E-state index contributed by atoms with van der Waals surface area (Å²) in [5, 5.41) is 9.41. The van der Waals surface area contributed by atoms with E-state index in [2.05, 4.69) is 5.92 Å². The number of aliphatic hydroxyl groups is 1. The molecule has 0 aromatic carbocycles. The van der Waals surface area contributed by atoms with Crippen LogP contribution in [0.25, 0.3) is 0 Å². The molecule has 1 N–H and O–H groups in total. The number of carbonyl (C=O) groups excluding carboxylic acids is 1. The molecule has 1 fully saturated rings. The number of amides is 1. The predicted octanol–water partition coefficient (Wildman–Crippen LogP) is 0.239. The highest BCUT2D eigenvalue weighted by atomic mass is 16.3. The van der Waals surface area contributed by atoms with Gasteiger partial charge in [-0.15, -0.1) is 12.3 Å². The van der Waals surface area contributed by atoms with Crippen LogP contribution in [0.4, 0.5) is 0 Å². The third-order valence-electron chi connectivity index (χ3n) is 2.41. The Morgan fingerprint density at radius 3 is 2.85 bits per heavy atom. The van der Waals surface area contributed by atoms with Gasteiger partial charge in [0.15, 0.2) is 0 Å². The highest BCUT2D eigenvalue weighted by Crippen LogP contribution is 2.16. The summed E-state index contributed by atoms with van der Waals surface area (Å²) < 4.78 is 0. The van der Waals surface area contributed by atoms with Gasteiger partial charge in [0.2, 0.25) is 5.91 Å². The van der Waals surface area contributed by atoms with Crippen molar-refractivity contribution < 1.29 is 9.90 Å². The molecule has 1 saturated heterocycles. The molecule has 2 atom stereocenters. The SMILES string of the molecule is C#CCCC(=O)N1CC(C)C(O)C1. The lowest BCUT2D eigenvalue weighted by molar-refractivity contribution is -0.130. The summed E-state index contributed by atoms with van der Waals surface area (Å²) >= 11 is 0. The molecule has 0 aromatic rings. The highest BCUT2D eigenvalue weighted by Gasteiger charge is 2.30. The molecule has 1 aliphatic rings. The molecule has 0 radical (unpaired) electrons. The van der Waals surface area contributed by atoms with Crippen LogP contribution in [0.1, 0.15) is 19.8 Å². The van der Waals surface area contributed by atoms with Gasteiger partial charge in [0.1, 0.15) is 0 Å². The minimum absolute atomic E-state index is 0.0568. The Hall–Kier alpha value is -1.01. The van der Waals surface area contributed by atoms with Crippen molar-refractivity contribution in [3.63, 3.8) is 0 Å². The Morgan fingerprint density at radius 1 is 1.69 bits per heavy atom. The van der Waals surface area contributed by atoms with Crippen LogP contribution in [0, 0.1) is 18.3 Å². The van der Waals surface area contributed by atoms with Crippen LogP contribution in [-0.2, 0) is 4.79 Å². The van der Waals surface area contributed by atoms with Crippen molar-refractivity contribution in [2.75, 3.05) is 13.1 Å². The standard InChI is InChI=1S/C10H15NO2/c1-3-4-5-10(13)11-6-8(2)9(12)7-11/h1,8-9,12H,4-7H2,2H3. The molecule has 3 nitrogen and oxygen atoms in total. The number of hydrogen-bond acceptors (Lipinski definition) is 2. The van der Waals surface area contributed by atoms with E-state index in [1.54, 1.807) is 4.90 Å². The van der Waals surface area contributed by atoms with Crippen molar-refractivity contribution in [3.05, 3.63) is 0 Å². The molecule has 3 heteroatoms. The van der Waals surface area contributed by atoms with E-state index >= 15 is 0 Å². The van der Waals surface area contributed by atoms with E-state index in [1.807, 2.05) is 6.92 Å². The quantitative estimate of drug-likeness (QED) is 0.620. The van der Waals surface area contributed by atoms with E-state index < -0.39 is 0 Å². The molecule has 13 heavy (non-hydrogen) atoms. The number of nitrogens with zero attached hydrogens (tertiary/aromatic N) is 1. The van der Waals surface area contributed by atoms with Gasteiger partial charge in [-0.3, -0.25) is 4.79 Å². The fraction of sp³-hybridized carbons (Fsp3) is 0.700. The number of likely N-dealkylation sites (tertiary alicyclic amines) is 1. The summed E-state index contributed by atoms with van der Waals surface area (Å²) in [6.45, 7) is 3.06. The minimum Gasteiger partial charge on any atom is -0.391 e. The number of rotatable bonds is 2. The summed E-state index contributed by atoms with van der Waals surface area (Å²) in [7, 11) is 0. The summed E-state index contributed by atoms with van der Waals surface area (Å²) in [6.07, 6.45) is 5.58. The maximum atomic E-state index is 11.4. The van der Waals surface area contributed by atoms with Crippen LogP contribution in [0.2, 0.25) is 0 Å². The minimum atomic E-state index is -0.366. The maximum Gasteiger partial charge on any atom is 0.223 e. The van der Waals surface area contributed by atoms with Gasteiger partial charge in [-0.25, -0.2) is 0 Å². The van der Waals surface area contributed by atoms with Gasteiger partial charge >= 0.3 is 0 Å². The zero-order valence-corrected chi connectivity index (χ0v) is 7.86. The van der Waals surface area contributed by atoms with Crippen LogP contribution in [0.3, 0.4) is 0 Å². The molecule has 0 aromatic heterocycles. The van der Waals surface area contributed by atoms with E-state index in [0.717, 1.165) is 0 Å². The molecule has 1 rings (SSSR count). The lowest BCUT2D eigenvalue weighted by Gasteiger charge is -2.14. The first kappa shape index (κ1) is 10.1. The molecular formula is C10H15NO2. The summed E-state index contributed by atoms with van der Waals surface area (Å²) in [4.78, 5) is 13.1. The van der Waals surface area contributed by atoms with E-state index in [1.165, 1.54) is 0 Å². The molecule has 1 amide bonds. The molecule has 0 aliphatic carbocycles. The zero-order chi connectivity index (χ0) is 9.84. The van der Waals surface area contributed by atoms with Gasteiger partial charge in [0, 0.05) is 31.8 Å². The second-order valence-electron chi connectivity index (χ2n) is 3.55. The van der Waals surface area contributed by atoms with Crippen molar-refractivity contribution in [1.82, 2.24) is 4.90 Å². The first-order chi connectivity index (χ1) is 6.15. The number of terminal acetylenes is 1. The van der Waals surface area contributed by atoms with Crippen molar-refractivity contribution in [2.24, 2.45) is 5.92 Å². The van der Waals surface area contributed by atoms with Crippen molar-refractivity contribution >= 4 is 5.91 Å². The maximum absolute atomic E-state index is 11.4. The summed E-state index contributed by atoms with van der Waals surface area (Å²) in [5.41, 5.74) is 0. The molecule has 0 saturated carbocycles. The molecule has 72 valence electrons. The Morgan fingerprint density at radius 2 is 2.38 bits per heavy atom. The highest BCUT2D eigenvalue weighted by molar-refractivity contribution is 5.76. The van der Waals surface area contributed by atoms with Crippen molar-refractivity contribution in [3.8, 4) is 12.3 Å². The molecular weight excluding hydrogens is 166 g/mol. The smallest absolute Gasteiger partial charge is 0.223 e. The van der Waals surface area contributed by atoms with Crippen molar-refractivity contribution in [1.29, 1.82) is 0 Å². The Bertz CT molecular complexity index is 222. The van der Waals surface area contributed by atoms with Crippen LogP contribution in [-0.4, -0.2) is 35.1 Å². The number of β-amino-alcohol motifs (C(OH)–C–C–N with tert-alkyl or cyclic N) is 1. The molecule has 1 aliphatic heterocycles. The van der Waals surface area contributed by atoms with Crippen LogP contribution < -0.4 is 0 Å². The second kappa shape index (κ2) is 4.29. The normalized spacial score (nSPS) is 27.3. The van der Waals surface area contributed by atoms with Gasteiger partial charge < -0.3 is 10.0 Å². The Kier molecular flexibility index (Phi) is 3.32.